The van der Waals surface area contributed by atoms with Gasteiger partial charge >= 0.3 is 0 Å². The SMILES string of the molecule is CC(N)CCNC(=O)c1cccc(S(=O)(=O)N2CCCCC2)c1.Cl. The van der Waals surface area contributed by atoms with E-state index in [1.165, 1.54) is 10.4 Å². The van der Waals surface area contributed by atoms with Gasteiger partial charge in [0, 0.05) is 31.2 Å². The average Bonchev–Trinajstić information content (AvgIpc) is 2.55. The highest BCUT2D eigenvalue weighted by molar-refractivity contribution is 7.89. The third-order valence-electron chi connectivity index (χ3n) is 3.93. The van der Waals surface area contributed by atoms with E-state index in [9.17, 15) is 13.2 Å². The van der Waals surface area contributed by atoms with Crippen molar-refractivity contribution >= 4 is 28.3 Å². The van der Waals surface area contributed by atoms with Crippen LogP contribution in [0.25, 0.3) is 0 Å². The van der Waals surface area contributed by atoms with Gasteiger partial charge < -0.3 is 11.1 Å². The molecule has 0 radical (unpaired) electrons. The number of halogens is 1. The Labute approximate surface area is 150 Å². The molecule has 0 aliphatic carbocycles. The van der Waals surface area contributed by atoms with Crippen molar-refractivity contribution in [1.82, 2.24) is 9.62 Å². The highest BCUT2D eigenvalue weighted by Gasteiger charge is 2.26. The van der Waals surface area contributed by atoms with Crippen molar-refractivity contribution in [3.05, 3.63) is 29.8 Å². The van der Waals surface area contributed by atoms with E-state index < -0.39 is 10.0 Å². The molecule has 24 heavy (non-hydrogen) atoms. The van der Waals surface area contributed by atoms with Crippen LogP contribution in [0.1, 0.15) is 43.0 Å². The van der Waals surface area contributed by atoms with Gasteiger partial charge in [0.15, 0.2) is 0 Å². The van der Waals surface area contributed by atoms with Crippen molar-refractivity contribution < 1.29 is 13.2 Å². The smallest absolute Gasteiger partial charge is 0.251 e. The van der Waals surface area contributed by atoms with Gasteiger partial charge in [0.2, 0.25) is 10.0 Å². The highest BCUT2D eigenvalue weighted by Crippen LogP contribution is 2.21. The summed E-state index contributed by atoms with van der Waals surface area (Å²) in [6, 6.07) is 6.24. The van der Waals surface area contributed by atoms with Crippen molar-refractivity contribution in [2.75, 3.05) is 19.6 Å². The second-order valence-electron chi connectivity index (χ2n) is 6.01. The zero-order valence-corrected chi connectivity index (χ0v) is 15.5. The number of rotatable bonds is 6. The number of hydrogen-bond acceptors (Lipinski definition) is 4. The Bertz CT molecular complexity index is 644. The molecule has 1 aromatic rings. The Morgan fingerprint density at radius 3 is 2.58 bits per heavy atom. The summed E-state index contributed by atoms with van der Waals surface area (Å²) in [5.74, 6) is -0.277. The Hall–Kier alpha value is -1.15. The quantitative estimate of drug-likeness (QED) is 0.792. The summed E-state index contributed by atoms with van der Waals surface area (Å²) in [7, 11) is -3.52. The zero-order chi connectivity index (χ0) is 16.9. The molecule has 1 unspecified atom stereocenters. The first-order valence-corrected chi connectivity index (χ1v) is 9.49. The van der Waals surface area contributed by atoms with Gasteiger partial charge in [-0.15, -0.1) is 12.4 Å². The van der Waals surface area contributed by atoms with Gasteiger partial charge in [0.25, 0.3) is 5.91 Å². The average molecular weight is 376 g/mol. The molecule has 1 amide bonds. The predicted octanol–water partition coefficient (Wildman–Crippen LogP) is 1.75. The number of nitrogens with one attached hydrogen (secondary N) is 1. The van der Waals surface area contributed by atoms with Crippen molar-refractivity contribution in [3.8, 4) is 0 Å². The van der Waals surface area contributed by atoms with E-state index in [1.54, 1.807) is 18.2 Å². The number of piperidine rings is 1. The molecule has 1 aromatic carbocycles. The summed E-state index contributed by atoms with van der Waals surface area (Å²) in [4.78, 5) is 12.3. The first-order valence-electron chi connectivity index (χ1n) is 8.05. The van der Waals surface area contributed by atoms with E-state index in [4.69, 9.17) is 5.73 Å². The lowest BCUT2D eigenvalue weighted by molar-refractivity contribution is 0.0952. The van der Waals surface area contributed by atoms with Crippen LogP contribution in [0.4, 0.5) is 0 Å². The van der Waals surface area contributed by atoms with E-state index in [-0.39, 0.29) is 29.3 Å². The maximum Gasteiger partial charge on any atom is 0.251 e. The van der Waals surface area contributed by atoms with Crippen molar-refractivity contribution in [2.24, 2.45) is 5.73 Å². The zero-order valence-electron chi connectivity index (χ0n) is 13.9. The summed E-state index contributed by atoms with van der Waals surface area (Å²) >= 11 is 0. The van der Waals surface area contributed by atoms with Crippen LogP contribution >= 0.6 is 12.4 Å². The van der Waals surface area contributed by atoms with Gasteiger partial charge in [-0.2, -0.15) is 4.31 Å². The van der Waals surface area contributed by atoms with Gasteiger partial charge in [-0.3, -0.25) is 4.79 Å². The predicted molar refractivity (Wildman–Crippen MR) is 96.9 cm³/mol. The van der Waals surface area contributed by atoms with E-state index in [0.29, 0.717) is 31.6 Å². The number of benzene rings is 1. The number of sulfonamides is 1. The molecule has 0 bridgehead atoms. The van der Waals surface area contributed by atoms with Crippen molar-refractivity contribution in [2.45, 2.75) is 43.5 Å². The third-order valence-corrected chi connectivity index (χ3v) is 5.83. The van der Waals surface area contributed by atoms with Gasteiger partial charge in [-0.1, -0.05) is 12.5 Å². The second-order valence-corrected chi connectivity index (χ2v) is 7.95. The molecule has 0 aromatic heterocycles. The number of amides is 1. The van der Waals surface area contributed by atoms with Crippen LogP contribution < -0.4 is 11.1 Å². The number of carbonyl (C=O) groups is 1. The lowest BCUT2D eigenvalue weighted by Gasteiger charge is -2.26. The molecule has 8 heteroatoms. The number of carbonyl (C=O) groups excluding carboxylic acids is 1. The lowest BCUT2D eigenvalue weighted by atomic mass is 10.2. The van der Waals surface area contributed by atoms with E-state index in [2.05, 4.69) is 5.32 Å². The summed E-state index contributed by atoms with van der Waals surface area (Å²) in [5.41, 5.74) is 6.00. The molecule has 1 saturated heterocycles. The lowest BCUT2D eigenvalue weighted by Crippen LogP contribution is -2.35. The minimum atomic E-state index is -3.52. The number of hydrogen-bond donors (Lipinski definition) is 2. The summed E-state index contributed by atoms with van der Waals surface area (Å²) in [6.07, 6.45) is 3.51. The summed E-state index contributed by atoms with van der Waals surface area (Å²) < 4.78 is 26.8. The fourth-order valence-corrected chi connectivity index (χ4v) is 4.13. The summed E-state index contributed by atoms with van der Waals surface area (Å²) in [6.45, 7) is 3.44. The minimum absolute atomic E-state index is 0. The Morgan fingerprint density at radius 1 is 1.29 bits per heavy atom. The van der Waals surface area contributed by atoms with Crippen LogP contribution in [0.5, 0.6) is 0 Å². The normalized spacial score (nSPS) is 16.9. The molecule has 136 valence electrons. The van der Waals surface area contributed by atoms with Crippen LogP contribution in [-0.4, -0.2) is 44.3 Å². The largest absolute Gasteiger partial charge is 0.352 e. The molecule has 1 aliphatic rings. The molecule has 2 rings (SSSR count). The third kappa shape index (κ3) is 5.44. The Balaban J connectivity index is 0.00000288. The fourth-order valence-electron chi connectivity index (χ4n) is 2.57. The van der Waals surface area contributed by atoms with Crippen molar-refractivity contribution in [1.29, 1.82) is 0 Å². The monoisotopic (exact) mass is 375 g/mol. The second kappa shape index (κ2) is 9.36. The number of nitrogens with two attached hydrogens (primary N) is 1. The van der Waals surface area contributed by atoms with E-state index >= 15 is 0 Å². The van der Waals surface area contributed by atoms with Crippen LogP contribution in [-0.2, 0) is 10.0 Å². The van der Waals surface area contributed by atoms with Crippen molar-refractivity contribution in [3.63, 3.8) is 0 Å². The van der Waals surface area contributed by atoms with Gasteiger partial charge in [-0.25, -0.2) is 8.42 Å². The molecule has 0 saturated carbocycles. The number of nitrogens with zero attached hydrogens (tertiary/aromatic N) is 1. The maximum absolute atomic E-state index is 12.6. The molecule has 1 aliphatic heterocycles. The van der Waals surface area contributed by atoms with Crippen LogP contribution in [0.3, 0.4) is 0 Å². The Kier molecular flexibility index (Phi) is 8.15. The van der Waals surface area contributed by atoms with Gasteiger partial charge in [-0.05, 0) is 44.4 Å². The van der Waals surface area contributed by atoms with Crippen LogP contribution in [0.2, 0.25) is 0 Å². The molecule has 1 atom stereocenters. The van der Waals surface area contributed by atoms with Gasteiger partial charge in [0.1, 0.15) is 0 Å². The van der Waals surface area contributed by atoms with Crippen LogP contribution in [0.15, 0.2) is 29.2 Å². The summed E-state index contributed by atoms with van der Waals surface area (Å²) in [5, 5.41) is 2.76. The topological polar surface area (TPSA) is 92.5 Å². The standard InChI is InChI=1S/C16H25N3O3S.ClH/c1-13(17)8-9-18-16(20)14-6-5-7-15(12-14)23(21,22)19-10-3-2-4-11-19;/h5-7,12-13H,2-4,8-11,17H2,1H3,(H,18,20);1H. The first-order chi connectivity index (χ1) is 10.9. The van der Waals surface area contributed by atoms with Gasteiger partial charge in [0.05, 0.1) is 4.90 Å². The molecule has 1 heterocycles. The Morgan fingerprint density at radius 2 is 1.96 bits per heavy atom. The minimum Gasteiger partial charge on any atom is -0.352 e. The molecular weight excluding hydrogens is 350 g/mol. The van der Waals surface area contributed by atoms with E-state index in [0.717, 1.165) is 19.3 Å². The molecule has 3 N–H and O–H groups in total. The molecular formula is C16H26ClN3O3S. The molecule has 0 spiro atoms. The van der Waals surface area contributed by atoms with Crippen LogP contribution in [0, 0.1) is 0 Å². The molecule has 1 fully saturated rings. The highest BCUT2D eigenvalue weighted by atomic mass is 35.5. The molecule has 6 nitrogen and oxygen atoms in total. The fraction of sp³-hybridized carbons (Fsp3) is 0.562. The maximum atomic E-state index is 12.6. The first kappa shape index (κ1) is 20.9. The van der Waals surface area contributed by atoms with E-state index in [1.807, 2.05) is 6.92 Å².